The lowest BCUT2D eigenvalue weighted by atomic mass is 10.2. The summed E-state index contributed by atoms with van der Waals surface area (Å²) >= 11 is 0. The number of hydrogen-bond acceptors (Lipinski definition) is 11. The monoisotopic (exact) mass is 497 g/mol. The molecular weight excluding hydrogens is 476 g/mol. The largest absolute Gasteiger partial charge is 0.869 e. The van der Waals surface area contributed by atoms with Crippen LogP contribution in [0.5, 0.6) is 23.0 Å². The van der Waals surface area contributed by atoms with Crippen LogP contribution in [0.15, 0.2) is 45.2 Å². The van der Waals surface area contributed by atoms with Crippen LogP contribution in [0, 0.1) is 0 Å². The van der Waals surface area contributed by atoms with Gasteiger partial charge in [-0.25, -0.2) is 9.59 Å². The number of furan rings is 2. The van der Waals surface area contributed by atoms with Crippen molar-refractivity contribution in [2.45, 2.75) is 20.0 Å². The van der Waals surface area contributed by atoms with E-state index in [-0.39, 0.29) is 59.9 Å². The molecular formula is C25H21O11-3. The fraction of sp³-hybridized carbons (Fsp3) is 0.280. The average molecular weight is 497 g/mol. The van der Waals surface area contributed by atoms with Gasteiger partial charge in [-0.3, -0.25) is 0 Å². The van der Waals surface area contributed by atoms with Crippen LogP contribution >= 0.6 is 0 Å². The maximum Gasteiger partial charge on any atom is 0.373 e. The number of benzene rings is 2. The zero-order valence-electron chi connectivity index (χ0n) is 19.4. The third-order valence-electron chi connectivity index (χ3n) is 5.03. The van der Waals surface area contributed by atoms with Crippen molar-refractivity contribution in [1.29, 1.82) is 0 Å². The first-order valence-electron chi connectivity index (χ1n) is 11.0. The van der Waals surface area contributed by atoms with E-state index in [2.05, 4.69) is 0 Å². The molecule has 0 unspecified atom stereocenters. The Balaban J connectivity index is 1.36. The second kappa shape index (κ2) is 10.5. The van der Waals surface area contributed by atoms with Gasteiger partial charge in [-0.1, -0.05) is 6.10 Å². The van der Waals surface area contributed by atoms with Crippen molar-refractivity contribution in [3.63, 3.8) is 0 Å². The number of ether oxygens (including phenoxy) is 4. The second-order valence-electron chi connectivity index (χ2n) is 7.52. The van der Waals surface area contributed by atoms with Gasteiger partial charge in [-0.05, 0) is 49.6 Å². The van der Waals surface area contributed by atoms with Crippen molar-refractivity contribution in [1.82, 2.24) is 0 Å². The first-order valence-corrected chi connectivity index (χ1v) is 11.0. The number of esters is 2. The van der Waals surface area contributed by atoms with Gasteiger partial charge in [0.25, 0.3) is 0 Å². The van der Waals surface area contributed by atoms with Crippen molar-refractivity contribution in [2.24, 2.45) is 0 Å². The molecule has 0 aliphatic rings. The highest BCUT2D eigenvalue weighted by Gasteiger charge is 2.17. The van der Waals surface area contributed by atoms with Gasteiger partial charge in [0.05, 0.1) is 26.4 Å². The first-order chi connectivity index (χ1) is 17.3. The zero-order chi connectivity index (χ0) is 25.8. The van der Waals surface area contributed by atoms with Crippen LogP contribution < -0.4 is 24.8 Å². The van der Waals surface area contributed by atoms with E-state index in [4.69, 9.17) is 27.8 Å². The molecule has 0 saturated heterocycles. The van der Waals surface area contributed by atoms with E-state index in [1.807, 2.05) is 0 Å². The minimum Gasteiger partial charge on any atom is -0.869 e. The number of hydrogen-bond donors (Lipinski definition) is 0. The molecule has 0 bridgehead atoms. The Hall–Kier alpha value is -4.38. The molecule has 2 aromatic carbocycles. The molecule has 2 aromatic heterocycles. The highest BCUT2D eigenvalue weighted by molar-refractivity contribution is 5.99. The summed E-state index contributed by atoms with van der Waals surface area (Å²) < 4.78 is 31.2. The van der Waals surface area contributed by atoms with Gasteiger partial charge in [-0.15, -0.1) is 0 Å². The molecule has 11 nitrogen and oxygen atoms in total. The van der Waals surface area contributed by atoms with Crippen LogP contribution in [0.1, 0.15) is 35.0 Å². The van der Waals surface area contributed by atoms with Gasteiger partial charge in [0.1, 0.15) is 22.7 Å². The fourth-order valence-corrected chi connectivity index (χ4v) is 3.37. The van der Waals surface area contributed by atoms with Gasteiger partial charge in [0, 0.05) is 22.9 Å². The minimum atomic E-state index is -1.29. The highest BCUT2D eigenvalue weighted by atomic mass is 16.6. The lowest BCUT2D eigenvalue weighted by molar-refractivity contribution is -0.427. The van der Waals surface area contributed by atoms with Gasteiger partial charge in [0.2, 0.25) is 11.5 Å². The molecule has 0 atom stereocenters. The van der Waals surface area contributed by atoms with E-state index in [1.54, 1.807) is 13.8 Å². The summed E-state index contributed by atoms with van der Waals surface area (Å²) in [5.74, 6) is -3.20. The standard InChI is InChI=1S/C25H23O11/c1-3-31-24(29)22-20(27)16-7-5-14(9-18(16)35-22)33-11-13(26)12-34-15-6-8-17-19(10-15)36-23(21(17)28)25(30)32-4-2/h5-10,13,27-28H,3-4,11-12H2,1-2H3/q-1/p-2. The van der Waals surface area contributed by atoms with Gasteiger partial charge in [0.15, 0.2) is 0 Å². The van der Waals surface area contributed by atoms with Crippen LogP contribution in [-0.4, -0.2) is 44.5 Å². The van der Waals surface area contributed by atoms with Crippen LogP contribution in [-0.2, 0) is 9.47 Å². The Morgan fingerprint density at radius 1 is 0.778 bits per heavy atom. The molecule has 0 fully saturated rings. The van der Waals surface area contributed by atoms with E-state index in [0.29, 0.717) is 0 Å². The van der Waals surface area contributed by atoms with Crippen LogP contribution in [0.3, 0.4) is 0 Å². The van der Waals surface area contributed by atoms with Crippen LogP contribution in [0.2, 0.25) is 0 Å². The fourth-order valence-electron chi connectivity index (χ4n) is 3.37. The SMILES string of the molecule is CCOC(=O)c1oc2cc(OCC([O-])COc3ccc4c([O-])c(C(=O)OCC)oc4c3)ccc2c1[O-]. The molecule has 4 aromatic rings. The van der Waals surface area contributed by atoms with Crippen molar-refractivity contribution in [3.8, 4) is 23.0 Å². The molecule has 36 heavy (non-hydrogen) atoms. The molecule has 0 spiro atoms. The molecule has 0 N–H and O–H groups in total. The Morgan fingerprint density at radius 2 is 1.19 bits per heavy atom. The van der Waals surface area contributed by atoms with Gasteiger partial charge >= 0.3 is 11.9 Å². The summed E-state index contributed by atoms with van der Waals surface area (Å²) in [6.07, 6.45) is -1.29. The first kappa shape index (κ1) is 24.7. The minimum absolute atomic E-state index is 0.0975. The molecule has 2 heterocycles. The maximum atomic E-state index is 12.3. The van der Waals surface area contributed by atoms with E-state index in [0.717, 1.165) is 0 Å². The summed E-state index contributed by atoms with van der Waals surface area (Å²) in [4.78, 5) is 23.7. The van der Waals surface area contributed by atoms with E-state index in [9.17, 15) is 24.9 Å². The lowest BCUT2D eigenvalue weighted by Gasteiger charge is -2.22. The Bertz CT molecular complexity index is 1290. The molecule has 0 aliphatic heterocycles. The average Bonchev–Trinajstić information content (AvgIpc) is 3.38. The third-order valence-corrected chi connectivity index (χ3v) is 5.03. The van der Waals surface area contributed by atoms with E-state index in [1.165, 1.54) is 36.4 Å². The molecule has 0 saturated carbocycles. The van der Waals surface area contributed by atoms with E-state index >= 15 is 0 Å². The zero-order valence-corrected chi connectivity index (χ0v) is 19.4. The van der Waals surface area contributed by atoms with Gasteiger partial charge in [-0.2, -0.15) is 0 Å². The molecule has 0 aliphatic carbocycles. The summed E-state index contributed by atoms with van der Waals surface area (Å²) in [7, 11) is 0. The van der Waals surface area contributed by atoms with Crippen LogP contribution in [0.4, 0.5) is 0 Å². The van der Waals surface area contributed by atoms with Crippen LogP contribution in [0.25, 0.3) is 21.9 Å². The van der Waals surface area contributed by atoms with Crippen molar-refractivity contribution in [2.75, 3.05) is 26.4 Å². The predicted octanol–water partition coefficient (Wildman–Crippen LogP) is 1.87. The molecule has 0 amide bonds. The number of fused-ring (bicyclic) bond motifs is 2. The summed E-state index contributed by atoms with van der Waals surface area (Å²) in [6, 6.07) is 8.63. The smallest absolute Gasteiger partial charge is 0.373 e. The predicted molar refractivity (Wildman–Crippen MR) is 118 cm³/mol. The molecule has 11 heteroatoms. The highest BCUT2D eigenvalue weighted by Crippen LogP contribution is 2.34. The molecule has 4 rings (SSSR count). The lowest BCUT2D eigenvalue weighted by Crippen LogP contribution is -2.37. The summed E-state index contributed by atoms with van der Waals surface area (Å²) in [5.41, 5.74) is 0.261. The van der Waals surface area contributed by atoms with Crippen molar-refractivity contribution in [3.05, 3.63) is 47.9 Å². The Morgan fingerprint density at radius 3 is 1.58 bits per heavy atom. The molecule has 0 radical (unpaired) electrons. The quantitative estimate of drug-likeness (QED) is 0.293. The van der Waals surface area contributed by atoms with Crippen molar-refractivity contribution < 1.29 is 52.7 Å². The normalized spacial score (nSPS) is 11.2. The number of carbonyl (C=O) groups excluding carboxylic acids is 2. The second-order valence-corrected chi connectivity index (χ2v) is 7.52. The van der Waals surface area contributed by atoms with Gasteiger partial charge < -0.3 is 43.1 Å². The summed E-state index contributed by atoms with van der Waals surface area (Å²) in [6.45, 7) is 2.89. The number of carbonyl (C=O) groups is 2. The molecule has 190 valence electrons. The van der Waals surface area contributed by atoms with Crippen molar-refractivity contribution >= 4 is 33.9 Å². The maximum absolute atomic E-state index is 12.3. The Kier molecular flexibility index (Phi) is 7.20. The Labute approximate surface area is 204 Å². The van der Waals surface area contributed by atoms with E-state index < -0.39 is 41.1 Å². The third kappa shape index (κ3) is 5.01. The topological polar surface area (TPSA) is 167 Å². The summed E-state index contributed by atoms with van der Waals surface area (Å²) in [5, 5.41) is 37.2. The number of rotatable bonds is 10.